The van der Waals surface area contributed by atoms with Crippen LogP contribution in [0.25, 0.3) is 5.57 Å². The molecule has 1 unspecified atom stereocenters. The first-order chi connectivity index (χ1) is 15.2. The SMILES string of the molecule is Clc1cccc(C#CC2(c3cccc(Cl)c3)C3=C(CC#CC/C=C\3)c3ccccc32)c1. The monoisotopic (exact) mass is 436 g/mol. The van der Waals surface area contributed by atoms with E-state index >= 15 is 0 Å². The number of rotatable bonds is 1. The van der Waals surface area contributed by atoms with E-state index in [1.54, 1.807) is 0 Å². The van der Waals surface area contributed by atoms with Gasteiger partial charge in [-0.1, -0.05) is 102 Å². The molecule has 0 nitrogen and oxygen atoms in total. The number of allylic oxidation sites excluding steroid dienone is 4. The predicted octanol–water partition coefficient (Wildman–Crippen LogP) is 7.45. The van der Waals surface area contributed by atoms with Gasteiger partial charge in [0.25, 0.3) is 0 Å². The highest BCUT2D eigenvalue weighted by atomic mass is 35.5. The van der Waals surface area contributed by atoms with Crippen LogP contribution < -0.4 is 0 Å². The van der Waals surface area contributed by atoms with Crippen LogP contribution in [-0.2, 0) is 5.41 Å². The summed E-state index contributed by atoms with van der Waals surface area (Å²) >= 11 is 12.7. The van der Waals surface area contributed by atoms with Crippen molar-refractivity contribution in [2.75, 3.05) is 0 Å². The second kappa shape index (κ2) is 8.17. The third-order valence-electron chi connectivity index (χ3n) is 5.76. The van der Waals surface area contributed by atoms with Crippen molar-refractivity contribution in [1.82, 2.24) is 0 Å². The van der Waals surface area contributed by atoms with Gasteiger partial charge in [0, 0.05) is 28.5 Å². The van der Waals surface area contributed by atoms with Gasteiger partial charge in [0.05, 0.1) is 0 Å². The molecule has 0 saturated heterocycles. The summed E-state index contributed by atoms with van der Waals surface area (Å²) in [6.45, 7) is 0. The van der Waals surface area contributed by atoms with Gasteiger partial charge in [-0.25, -0.2) is 0 Å². The lowest BCUT2D eigenvalue weighted by molar-refractivity contribution is 0.827. The highest BCUT2D eigenvalue weighted by molar-refractivity contribution is 6.31. The van der Waals surface area contributed by atoms with Gasteiger partial charge in [-0.15, -0.1) is 0 Å². The molecule has 148 valence electrons. The van der Waals surface area contributed by atoms with Crippen LogP contribution >= 0.6 is 23.2 Å². The molecule has 0 aromatic heterocycles. The maximum Gasteiger partial charge on any atom is 0.107 e. The van der Waals surface area contributed by atoms with E-state index in [1.807, 2.05) is 42.5 Å². The fraction of sp³-hybridized carbons (Fsp3) is 0.103. The maximum atomic E-state index is 6.46. The first kappa shape index (κ1) is 19.8. The summed E-state index contributed by atoms with van der Waals surface area (Å²) in [7, 11) is 0. The molecular weight excluding hydrogens is 419 g/mol. The predicted molar refractivity (Wildman–Crippen MR) is 130 cm³/mol. The number of hydrogen-bond acceptors (Lipinski definition) is 0. The fourth-order valence-electron chi connectivity index (χ4n) is 4.44. The molecule has 0 radical (unpaired) electrons. The minimum absolute atomic E-state index is 0.630. The average Bonchev–Trinajstić information content (AvgIpc) is 3.01. The third-order valence-corrected chi connectivity index (χ3v) is 6.23. The lowest BCUT2D eigenvalue weighted by Gasteiger charge is -2.29. The summed E-state index contributed by atoms with van der Waals surface area (Å²) in [5, 5.41) is 1.37. The van der Waals surface area contributed by atoms with Crippen molar-refractivity contribution in [1.29, 1.82) is 0 Å². The first-order valence-electron chi connectivity index (χ1n) is 10.2. The van der Waals surface area contributed by atoms with E-state index < -0.39 is 5.41 Å². The zero-order valence-corrected chi connectivity index (χ0v) is 18.3. The Morgan fingerprint density at radius 3 is 2.48 bits per heavy atom. The Labute approximate surface area is 193 Å². The normalized spacial score (nSPS) is 19.7. The minimum atomic E-state index is -0.630. The molecule has 2 aliphatic carbocycles. The smallest absolute Gasteiger partial charge is 0.0988 e. The Balaban J connectivity index is 1.85. The number of fused-ring (bicyclic) bond motifs is 2. The van der Waals surface area contributed by atoms with E-state index in [1.165, 1.54) is 22.3 Å². The van der Waals surface area contributed by atoms with Crippen LogP contribution in [0.3, 0.4) is 0 Å². The zero-order valence-electron chi connectivity index (χ0n) is 16.8. The van der Waals surface area contributed by atoms with Crippen molar-refractivity contribution in [3.63, 3.8) is 0 Å². The topological polar surface area (TPSA) is 0 Å². The molecule has 2 heteroatoms. The Hall–Kier alpha value is -3.16. The second-order valence-corrected chi connectivity index (χ2v) is 8.47. The highest BCUT2D eigenvalue weighted by Crippen LogP contribution is 2.52. The Kier molecular flexibility index (Phi) is 5.21. The molecule has 31 heavy (non-hydrogen) atoms. The van der Waals surface area contributed by atoms with Crippen molar-refractivity contribution in [2.45, 2.75) is 18.3 Å². The van der Waals surface area contributed by atoms with Gasteiger partial charge in [-0.05, 0) is 58.2 Å². The molecule has 2 aliphatic rings. The molecule has 1 atom stereocenters. The van der Waals surface area contributed by atoms with Gasteiger partial charge in [0.2, 0.25) is 0 Å². The minimum Gasteiger partial charge on any atom is -0.0988 e. The second-order valence-electron chi connectivity index (χ2n) is 7.60. The van der Waals surface area contributed by atoms with E-state index in [0.717, 1.165) is 17.5 Å². The lowest BCUT2D eigenvalue weighted by Crippen LogP contribution is -2.26. The summed E-state index contributed by atoms with van der Waals surface area (Å²) in [6.07, 6.45) is 5.78. The van der Waals surface area contributed by atoms with Crippen molar-refractivity contribution >= 4 is 28.8 Å². The number of halogens is 2. The molecule has 0 heterocycles. The van der Waals surface area contributed by atoms with Crippen LogP contribution in [0, 0.1) is 23.7 Å². The molecular formula is C29H18Cl2. The molecule has 0 amide bonds. The van der Waals surface area contributed by atoms with Crippen molar-refractivity contribution in [2.24, 2.45) is 0 Å². The van der Waals surface area contributed by atoms with E-state index in [0.29, 0.717) is 16.5 Å². The summed E-state index contributed by atoms with van der Waals surface area (Å²) in [4.78, 5) is 0. The fourth-order valence-corrected chi connectivity index (χ4v) is 4.82. The van der Waals surface area contributed by atoms with Crippen LogP contribution in [0.2, 0.25) is 10.0 Å². The standard InChI is InChI=1S/C29H18Cl2/c30-23-11-7-9-21(19-23)17-18-29(22-10-8-12-24(31)20-22)27-15-4-2-1-3-13-25(27)26-14-5-6-16-28(26)29/h4-12,14-16,19-20H,2,13H2/b15-4-. The lowest BCUT2D eigenvalue weighted by atomic mass is 9.71. The van der Waals surface area contributed by atoms with Crippen molar-refractivity contribution < 1.29 is 0 Å². The molecule has 0 saturated carbocycles. The summed E-state index contributed by atoms with van der Waals surface area (Å²) < 4.78 is 0. The Morgan fingerprint density at radius 2 is 1.65 bits per heavy atom. The van der Waals surface area contributed by atoms with Gasteiger partial charge >= 0.3 is 0 Å². The third kappa shape index (κ3) is 3.49. The summed E-state index contributed by atoms with van der Waals surface area (Å²) in [5.74, 6) is 13.6. The first-order valence-corrected chi connectivity index (χ1v) is 10.9. The van der Waals surface area contributed by atoms with E-state index in [2.05, 4.69) is 66.2 Å². The molecule has 0 aliphatic heterocycles. The van der Waals surface area contributed by atoms with Gasteiger partial charge in [-0.2, -0.15) is 0 Å². The van der Waals surface area contributed by atoms with Crippen LogP contribution in [-0.4, -0.2) is 0 Å². The van der Waals surface area contributed by atoms with Gasteiger partial charge < -0.3 is 0 Å². The molecule has 3 aromatic rings. The molecule has 0 fully saturated rings. The zero-order chi connectivity index (χ0) is 21.3. The van der Waals surface area contributed by atoms with Gasteiger partial charge in [-0.3, -0.25) is 0 Å². The van der Waals surface area contributed by atoms with Gasteiger partial charge in [0.1, 0.15) is 5.41 Å². The molecule has 0 spiro atoms. The van der Waals surface area contributed by atoms with Crippen LogP contribution in [0.1, 0.15) is 35.1 Å². The van der Waals surface area contributed by atoms with E-state index in [-0.39, 0.29) is 0 Å². The molecule has 0 bridgehead atoms. The van der Waals surface area contributed by atoms with Crippen molar-refractivity contribution in [3.8, 4) is 23.7 Å². The van der Waals surface area contributed by atoms with Crippen molar-refractivity contribution in [3.05, 3.63) is 123 Å². The van der Waals surface area contributed by atoms with Gasteiger partial charge in [0.15, 0.2) is 0 Å². The quantitative estimate of drug-likeness (QED) is 0.347. The molecule has 0 N–H and O–H groups in total. The van der Waals surface area contributed by atoms with E-state index in [4.69, 9.17) is 23.2 Å². The van der Waals surface area contributed by atoms with Crippen LogP contribution in [0.5, 0.6) is 0 Å². The maximum absolute atomic E-state index is 6.46. The van der Waals surface area contributed by atoms with E-state index in [9.17, 15) is 0 Å². The van der Waals surface area contributed by atoms with Crippen LogP contribution in [0.4, 0.5) is 0 Å². The summed E-state index contributed by atoms with van der Waals surface area (Å²) in [5.41, 5.74) is 6.11. The van der Waals surface area contributed by atoms with Crippen LogP contribution in [0.15, 0.2) is 90.5 Å². The number of benzene rings is 3. The summed E-state index contributed by atoms with van der Waals surface area (Å²) in [6, 6.07) is 24.2. The molecule has 5 rings (SSSR count). The molecule has 3 aromatic carbocycles. The highest BCUT2D eigenvalue weighted by Gasteiger charge is 2.44. The Morgan fingerprint density at radius 1 is 0.839 bits per heavy atom. The average molecular weight is 437 g/mol. The largest absolute Gasteiger partial charge is 0.107 e. The number of hydrogen-bond donors (Lipinski definition) is 0. The Bertz CT molecular complexity index is 1370.